The van der Waals surface area contributed by atoms with Crippen LogP contribution in [0.25, 0.3) is 11.0 Å². The molecule has 1 fully saturated rings. The smallest absolute Gasteiger partial charge is 0.387 e. The van der Waals surface area contributed by atoms with E-state index in [2.05, 4.69) is 10.1 Å². The first-order chi connectivity index (χ1) is 15.1. The van der Waals surface area contributed by atoms with Crippen LogP contribution < -0.4 is 15.7 Å². The number of urea groups is 1. The van der Waals surface area contributed by atoms with E-state index >= 15 is 0 Å². The van der Waals surface area contributed by atoms with Gasteiger partial charge in [0, 0.05) is 16.5 Å². The van der Waals surface area contributed by atoms with Gasteiger partial charge in [0.05, 0.1) is 6.54 Å². The van der Waals surface area contributed by atoms with E-state index in [-0.39, 0.29) is 12.3 Å². The maximum atomic E-state index is 13.2. The van der Waals surface area contributed by atoms with Crippen LogP contribution >= 0.6 is 11.6 Å². The number of rotatable bonds is 5. The van der Waals surface area contributed by atoms with Crippen molar-refractivity contribution in [2.75, 3.05) is 0 Å². The molecular formula is C22H17ClF2N2O5. The summed E-state index contributed by atoms with van der Waals surface area (Å²) in [5.41, 5.74) is -0.273. The van der Waals surface area contributed by atoms with Gasteiger partial charge >= 0.3 is 18.3 Å². The van der Waals surface area contributed by atoms with Crippen molar-refractivity contribution >= 4 is 34.5 Å². The Morgan fingerprint density at radius 1 is 1.16 bits per heavy atom. The van der Waals surface area contributed by atoms with Crippen molar-refractivity contribution in [2.45, 2.75) is 32.5 Å². The predicted molar refractivity (Wildman–Crippen MR) is 112 cm³/mol. The number of halogens is 3. The van der Waals surface area contributed by atoms with E-state index in [0.29, 0.717) is 32.7 Å². The minimum atomic E-state index is -2.98. The lowest BCUT2D eigenvalue weighted by atomic mass is 9.92. The molecule has 1 aliphatic rings. The van der Waals surface area contributed by atoms with E-state index in [1.807, 2.05) is 0 Å². The Balaban J connectivity index is 1.67. The fourth-order valence-corrected chi connectivity index (χ4v) is 3.82. The van der Waals surface area contributed by atoms with Gasteiger partial charge in [-0.3, -0.25) is 9.69 Å². The van der Waals surface area contributed by atoms with E-state index < -0.39 is 29.7 Å². The number of imide groups is 1. The van der Waals surface area contributed by atoms with Gasteiger partial charge in [-0.15, -0.1) is 0 Å². The quantitative estimate of drug-likeness (QED) is 0.450. The number of carbonyl (C=O) groups excluding carboxylic acids is 2. The number of hydrogen-bond donors (Lipinski definition) is 1. The minimum Gasteiger partial charge on any atom is -0.435 e. The second-order valence-electron chi connectivity index (χ2n) is 7.54. The third-order valence-electron chi connectivity index (χ3n) is 5.37. The lowest BCUT2D eigenvalue weighted by Gasteiger charge is -2.22. The molecule has 2 aromatic carbocycles. The molecule has 7 nitrogen and oxygen atoms in total. The van der Waals surface area contributed by atoms with Crippen LogP contribution in [0.1, 0.15) is 23.6 Å². The van der Waals surface area contributed by atoms with Gasteiger partial charge in [-0.1, -0.05) is 23.7 Å². The average Bonchev–Trinajstić information content (AvgIpc) is 2.93. The number of nitrogens with zero attached hydrogens (tertiary/aromatic N) is 1. The number of benzene rings is 2. The molecule has 1 aromatic heterocycles. The number of nitrogens with one attached hydrogen (secondary N) is 1. The zero-order chi connectivity index (χ0) is 23.2. The monoisotopic (exact) mass is 462 g/mol. The summed E-state index contributed by atoms with van der Waals surface area (Å²) < 4.78 is 34.3. The van der Waals surface area contributed by atoms with E-state index in [9.17, 15) is 23.2 Å². The number of fused-ring (bicyclic) bond motifs is 1. The molecule has 1 saturated heterocycles. The Morgan fingerprint density at radius 3 is 2.50 bits per heavy atom. The Bertz CT molecular complexity index is 1290. The van der Waals surface area contributed by atoms with Crippen molar-refractivity contribution in [1.29, 1.82) is 0 Å². The maximum absolute atomic E-state index is 13.2. The number of aryl methyl sites for hydroxylation is 1. The van der Waals surface area contributed by atoms with Crippen molar-refractivity contribution in [3.05, 3.63) is 74.6 Å². The minimum absolute atomic E-state index is 0.0735. The summed E-state index contributed by atoms with van der Waals surface area (Å²) in [6, 6.07) is 9.20. The molecule has 2 heterocycles. The summed E-state index contributed by atoms with van der Waals surface area (Å²) >= 11 is 6.21. The van der Waals surface area contributed by atoms with E-state index in [1.165, 1.54) is 37.3 Å². The molecule has 1 unspecified atom stereocenters. The first-order valence-corrected chi connectivity index (χ1v) is 9.88. The van der Waals surface area contributed by atoms with Gasteiger partial charge in [0.2, 0.25) is 0 Å². The highest BCUT2D eigenvalue weighted by Crippen LogP contribution is 2.32. The van der Waals surface area contributed by atoms with Gasteiger partial charge in [-0.25, -0.2) is 9.59 Å². The molecular weight excluding hydrogens is 446 g/mol. The number of ether oxygens (including phenoxy) is 1. The van der Waals surface area contributed by atoms with E-state index in [0.717, 1.165) is 4.90 Å². The SMILES string of the molecule is Cc1cc2oc(=O)cc(CN3C(=O)NC(C)(c4ccc(OC(F)F)cc4)C3=O)c2cc1Cl. The molecule has 4 rings (SSSR count). The van der Waals surface area contributed by atoms with Gasteiger partial charge in [0.25, 0.3) is 5.91 Å². The fraction of sp³-hybridized carbons (Fsp3) is 0.227. The molecule has 3 aromatic rings. The lowest BCUT2D eigenvalue weighted by molar-refractivity contribution is -0.131. The van der Waals surface area contributed by atoms with Crippen LogP contribution in [-0.4, -0.2) is 23.4 Å². The molecule has 0 bridgehead atoms. The summed E-state index contributed by atoms with van der Waals surface area (Å²) in [7, 11) is 0. The second kappa shape index (κ2) is 7.90. The fourth-order valence-electron chi connectivity index (χ4n) is 3.66. The van der Waals surface area contributed by atoms with E-state index in [4.69, 9.17) is 16.0 Å². The highest BCUT2D eigenvalue weighted by atomic mass is 35.5. The normalized spacial score (nSPS) is 18.5. The molecule has 0 saturated carbocycles. The lowest BCUT2D eigenvalue weighted by Crippen LogP contribution is -2.40. The van der Waals surface area contributed by atoms with Gasteiger partial charge < -0.3 is 14.5 Å². The predicted octanol–water partition coefficient (Wildman–Crippen LogP) is 4.32. The first-order valence-electron chi connectivity index (χ1n) is 9.51. The van der Waals surface area contributed by atoms with Crippen LogP contribution in [0.2, 0.25) is 5.02 Å². The number of amides is 3. The van der Waals surface area contributed by atoms with Gasteiger partial charge in [0.15, 0.2) is 0 Å². The molecule has 0 radical (unpaired) electrons. The van der Waals surface area contributed by atoms with E-state index in [1.54, 1.807) is 19.1 Å². The van der Waals surface area contributed by atoms with Crippen LogP contribution in [0.4, 0.5) is 13.6 Å². The summed E-state index contributed by atoms with van der Waals surface area (Å²) in [6.45, 7) is 0.104. The number of alkyl halides is 2. The molecule has 1 N–H and O–H groups in total. The molecule has 10 heteroatoms. The molecule has 166 valence electrons. The van der Waals surface area contributed by atoms with Crippen molar-refractivity contribution in [3.63, 3.8) is 0 Å². The van der Waals surface area contributed by atoms with Crippen LogP contribution in [0.5, 0.6) is 5.75 Å². The molecule has 3 amide bonds. The number of carbonyl (C=O) groups is 2. The topological polar surface area (TPSA) is 88.8 Å². The average molecular weight is 463 g/mol. The van der Waals surface area contributed by atoms with Crippen LogP contribution in [0, 0.1) is 6.92 Å². The Labute approximate surface area is 185 Å². The highest BCUT2D eigenvalue weighted by molar-refractivity contribution is 6.32. The molecule has 1 aliphatic heterocycles. The summed E-state index contributed by atoms with van der Waals surface area (Å²) in [5.74, 6) is -0.639. The molecule has 1 atom stereocenters. The van der Waals surface area contributed by atoms with Crippen molar-refractivity contribution in [1.82, 2.24) is 10.2 Å². The standard InChI is InChI=1S/C22H17ClF2N2O5/c1-11-7-17-15(9-16(11)23)12(8-18(28)32-17)10-27-19(29)22(2,26-21(27)30)13-3-5-14(6-4-13)31-20(24)25/h3-9,20H,10H2,1-2H3,(H,26,30). The second-order valence-corrected chi connectivity index (χ2v) is 7.94. The van der Waals surface area contributed by atoms with Crippen LogP contribution in [0.15, 0.2) is 51.7 Å². The Kier molecular flexibility index (Phi) is 5.37. The molecule has 0 spiro atoms. The maximum Gasteiger partial charge on any atom is 0.387 e. The Hall–Kier alpha value is -3.46. The van der Waals surface area contributed by atoms with Crippen LogP contribution in [-0.2, 0) is 16.9 Å². The third-order valence-corrected chi connectivity index (χ3v) is 5.78. The van der Waals surface area contributed by atoms with Crippen molar-refractivity contribution in [2.24, 2.45) is 0 Å². The van der Waals surface area contributed by atoms with Crippen LogP contribution in [0.3, 0.4) is 0 Å². The highest BCUT2D eigenvalue weighted by Gasteiger charge is 2.49. The van der Waals surface area contributed by atoms with Gasteiger partial charge in [0.1, 0.15) is 16.9 Å². The van der Waals surface area contributed by atoms with Gasteiger partial charge in [-0.2, -0.15) is 8.78 Å². The third kappa shape index (κ3) is 3.80. The molecule has 0 aliphatic carbocycles. The van der Waals surface area contributed by atoms with Crippen molar-refractivity contribution < 1.29 is 27.5 Å². The largest absolute Gasteiger partial charge is 0.435 e. The molecule has 32 heavy (non-hydrogen) atoms. The zero-order valence-electron chi connectivity index (χ0n) is 16.9. The number of hydrogen-bond acceptors (Lipinski definition) is 5. The van der Waals surface area contributed by atoms with Crippen molar-refractivity contribution in [3.8, 4) is 5.75 Å². The first kappa shape index (κ1) is 21.8. The summed E-state index contributed by atoms with van der Waals surface area (Å²) in [5, 5.41) is 3.58. The Morgan fingerprint density at radius 2 is 1.84 bits per heavy atom. The summed E-state index contributed by atoms with van der Waals surface area (Å²) in [6.07, 6.45) is 0. The zero-order valence-corrected chi connectivity index (χ0v) is 17.7. The summed E-state index contributed by atoms with van der Waals surface area (Å²) in [4.78, 5) is 38.9. The van der Waals surface area contributed by atoms with Gasteiger partial charge in [-0.05, 0) is 54.8 Å².